The molecular weight excluding hydrogens is 378 g/mol. The quantitative estimate of drug-likeness (QED) is 0.804. The fourth-order valence-electron chi connectivity index (χ4n) is 5.69. The largest absolute Gasteiger partial charge is 0.474 e. The molecule has 0 unspecified atom stereocenters. The number of carbonyl (C=O) groups is 1. The van der Waals surface area contributed by atoms with Crippen molar-refractivity contribution in [2.75, 3.05) is 44.2 Å². The molecule has 2 amide bonds. The van der Waals surface area contributed by atoms with Crippen LogP contribution in [0.4, 0.5) is 10.5 Å². The van der Waals surface area contributed by atoms with Crippen LogP contribution in [0.5, 0.6) is 5.88 Å². The van der Waals surface area contributed by atoms with Gasteiger partial charge in [-0.25, -0.2) is 9.78 Å². The molecule has 0 bridgehead atoms. The van der Waals surface area contributed by atoms with Crippen molar-refractivity contribution in [1.82, 2.24) is 20.1 Å². The fourth-order valence-corrected chi connectivity index (χ4v) is 5.69. The lowest BCUT2D eigenvalue weighted by Crippen LogP contribution is -2.51. The number of ether oxygens (including phenoxy) is 1. The second-order valence-corrected chi connectivity index (χ2v) is 9.25. The highest BCUT2D eigenvalue weighted by molar-refractivity contribution is 5.94. The van der Waals surface area contributed by atoms with Gasteiger partial charge in [0.2, 0.25) is 5.88 Å². The maximum atomic E-state index is 13.1. The SMILES string of the molecule is O=C1N(c2ccc(OC3CCCC3)nc2)CCN1C1CCC(N2CCNCC2)CC1. The molecule has 1 aromatic rings. The molecule has 2 saturated carbocycles. The van der Waals surface area contributed by atoms with Crippen LogP contribution < -0.4 is 15.0 Å². The Morgan fingerprint density at radius 1 is 0.900 bits per heavy atom. The molecule has 5 rings (SSSR count). The smallest absolute Gasteiger partial charge is 0.324 e. The van der Waals surface area contributed by atoms with Gasteiger partial charge in [-0.3, -0.25) is 9.80 Å². The van der Waals surface area contributed by atoms with E-state index in [4.69, 9.17) is 4.74 Å². The molecule has 4 aliphatic rings. The lowest BCUT2D eigenvalue weighted by Gasteiger charge is -2.41. The van der Waals surface area contributed by atoms with Crippen molar-refractivity contribution in [1.29, 1.82) is 0 Å². The summed E-state index contributed by atoms with van der Waals surface area (Å²) in [5.41, 5.74) is 0.885. The van der Waals surface area contributed by atoms with Crippen molar-refractivity contribution in [2.24, 2.45) is 0 Å². The van der Waals surface area contributed by atoms with Crippen LogP contribution >= 0.6 is 0 Å². The summed E-state index contributed by atoms with van der Waals surface area (Å²) in [6.07, 6.45) is 11.5. The van der Waals surface area contributed by atoms with Gasteiger partial charge in [0.25, 0.3) is 0 Å². The number of anilines is 1. The Kier molecular flexibility index (Phi) is 6.09. The van der Waals surface area contributed by atoms with Gasteiger partial charge >= 0.3 is 6.03 Å². The van der Waals surface area contributed by atoms with Crippen LogP contribution in [0.15, 0.2) is 18.3 Å². The molecule has 1 aromatic heterocycles. The molecule has 0 atom stereocenters. The van der Waals surface area contributed by atoms with E-state index in [1.807, 2.05) is 17.0 Å². The minimum Gasteiger partial charge on any atom is -0.474 e. The van der Waals surface area contributed by atoms with E-state index < -0.39 is 0 Å². The monoisotopic (exact) mass is 413 g/mol. The van der Waals surface area contributed by atoms with Crippen molar-refractivity contribution in [2.45, 2.75) is 69.6 Å². The summed E-state index contributed by atoms with van der Waals surface area (Å²) in [5, 5.41) is 3.44. The third-order valence-corrected chi connectivity index (χ3v) is 7.44. The van der Waals surface area contributed by atoms with Gasteiger partial charge in [0, 0.05) is 57.4 Å². The van der Waals surface area contributed by atoms with Crippen LogP contribution in [0.2, 0.25) is 0 Å². The lowest BCUT2D eigenvalue weighted by atomic mass is 9.89. The zero-order chi connectivity index (χ0) is 20.3. The first-order valence-electron chi connectivity index (χ1n) is 11.9. The standard InChI is InChI=1S/C23H35N5O2/c29-23-27(19-7-5-18(6-8-19)26-13-11-24-12-14-26)15-16-28(23)20-9-10-22(25-17-20)30-21-3-1-2-4-21/h9-10,17-19,21,24H,1-8,11-16H2. The van der Waals surface area contributed by atoms with Gasteiger partial charge in [-0.2, -0.15) is 0 Å². The van der Waals surface area contributed by atoms with Crippen LogP contribution in [-0.2, 0) is 0 Å². The Morgan fingerprint density at radius 3 is 2.33 bits per heavy atom. The Labute approximate surface area is 179 Å². The van der Waals surface area contributed by atoms with Crippen molar-refractivity contribution in [3.05, 3.63) is 18.3 Å². The van der Waals surface area contributed by atoms with E-state index in [1.165, 1.54) is 38.8 Å². The van der Waals surface area contributed by atoms with Crippen molar-refractivity contribution in [3.63, 3.8) is 0 Å². The second kappa shape index (κ2) is 9.10. The number of hydrogen-bond donors (Lipinski definition) is 1. The number of nitrogens with zero attached hydrogens (tertiary/aromatic N) is 4. The molecule has 164 valence electrons. The lowest BCUT2D eigenvalue weighted by molar-refractivity contribution is 0.105. The molecule has 0 radical (unpaired) electrons. The zero-order valence-corrected chi connectivity index (χ0v) is 18.0. The molecule has 2 aliphatic heterocycles. The minimum absolute atomic E-state index is 0.145. The number of rotatable bonds is 5. The van der Waals surface area contributed by atoms with Gasteiger partial charge < -0.3 is 15.0 Å². The number of amides is 2. The highest BCUT2D eigenvalue weighted by Gasteiger charge is 2.37. The molecule has 1 N–H and O–H groups in total. The predicted molar refractivity (Wildman–Crippen MR) is 117 cm³/mol. The molecule has 0 spiro atoms. The fraction of sp³-hybridized carbons (Fsp3) is 0.739. The predicted octanol–water partition coefficient (Wildman–Crippen LogP) is 2.86. The summed E-state index contributed by atoms with van der Waals surface area (Å²) in [7, 11) is 0. The molecule has 7 heteroatoms. The number of nitrogens with one attached hydrogen (secondary N) is 1. The maximum absolute atomic E-state index is 13.1. The van der Waals surface area contributed by atoms with Crippen molar-refractivity contribution >= 4 is 11.7 Å². The number of urea groups is 1. The number of aromatic nitrogens is 1. The maximum Gasteiger partial charge on any atom is 0.324 e. The van der Waals surface area contributed by atoms with Gasteiger partial charge in [-0.1, -0.05) is 0 Å². The van der Waals surface area contributed by atoms with Gasteiger partial charge in [-0.05, 0) is 57.4 Å². The van der Waals surface area contributed by atoms with Gasteiger partial charge in [0.15, 0.2) is 0 Å². The van der Waals surface area contributed by atoms with E-state index >= 15 is 0 Å². The average molecular weight is 414 g/mol. The normalized spacial score (nSPS) is 29.0. The molecular formula is C23H35N5O2. The van der Waals surface area contributed by atoms with E-state index in [0.717, 1.165) is 57.5 Å². The molecule has 30 heavy (non-hydrogen) atoms. The third kappa shape index (κ3) is 4.28. The summed E-state index contributed by atoms with van der Waals surface area (Å²) in [4.78, 5) is 24.2. The summed E-state index contributed by atoms with van der Waals surface area (Å²) in [5.74, 6) is 0.681. The summed E-state index contributed by atoms with van der Waals surface area (Å²) in [6.45, 7) is 6.12. The van der Waals surface area contributed by atoms with Crippen LogP contribution in [0.3, 0.4) is 0 Å². The number of hydrogen-bond acceptors (Lipinski definition) is 5. The third-order valence-electron chi connectivity index (χ3n) is 7.44. The number of pyridine rings is 1. The van der Waals surface area contributed by atoms with E-state index in [-0.39, 0.29) is 6.03 Å². The van der Waals surface area contributed by atoms with Crippen molar-refractivity contribution < 1.29 is 9.53 Å². The Morgan fingerprint density at radius 2 is 1.63 bits per heavy atom. The summed E-state index contributed by atoms with van der Waals surface area (Å²) < 4.78 is 5.96. The van der Waals surface area contributed by atoms with Crippen molar-refractivity contribution in [3.8, 4) is 5.88 Å². The molecule has 4 fully saturated rings. The molecule has 7 nitrogen and oxygen atoms in total. The first-order valence-corrected chi connectivity index (χ1v) is 11.9. The van der Waals surface area contributed by atoms with Gasteiger partial charge in [0.05, 0.1) is 11.9 Å². The first-order chi connectivity index (χ1) is 14.8. The Bertz CT molecular complexity index is 707. The first kappa shape index (κ1) is 20.1. The van der Waals surface area contributed by atoms with E-state index in [0.29, 0.717) is 24.1 Å². The summed E-state index contributed by atoms with van der Waals surface area (Å²) >= 11 is 0. The molecule has 2 saturated heterocycles. The second-order valence-electron chi connectivity index (χ2n) is 9.25. The number of piperazine rings is 1. The van der Waals surface area contributed by atoms with Crippen LogP contribution in [0.1, 0.15) is 51.4 Å². The zero-order valence-electron chi connectivity index (χ0n) is 18.0. The average Bonchev–Trinajstić information content (AvgIpc) is 3.45. The van der Waals surface area contributed by atoms with Crippen LogP contribution in [-0.4, -0.2) is 78.3 Å². The van der Waals surface area contributed by atoms with E-state index in [9.17, 15) is 4.79 Å². The summed E-state index contributed by atoms with van der Waals surface area (Å²) in [6, 6.07) is 5.14. The number of carbonyl (C=O) groups excluding carboxylic acids is 1. The molecule has 3 heterocycles. The molecule has 2 aliphatic carbocycles. The minimum atomic E-state index is 0.145. The van der Waals surface area contributed by atoms with E-state index in [1.54, 1.807) is 6.20 Å². The Hall–Kier alpha value is -1.86. The van der Waals surface area contributed by atoms with Gasteiger partial charge in [-0.15, -0.1) is 0 Å². The Balaban J connectivity index is 1.14. The van der Waals surface area contributed by atoms with E-state index in [2.05, 4.69) is 20.1 Å². The highest BCUT2D eigenvalue weighted by atomic mass is 16.5. The van der Waals surface area contributed by atoms with Crippen LogP contribution in [0, 0.1) is 0 Å². The molecule has 0 aromatic carbocycles. The highest BCUT2D eigenvalue weighted by Crippen LogP contribution is 2.31. The van der Waals surface area contributed by atoms with Gasteiger partial charge in [0.1, 0.15) is 6.10 Å². The van der Waals surface area contributed by atoms with Crippen LogP contribution in [0.25, 0.3) is 0 Å². The topological polar surface area (TPSA) is 60.9 Å².